The van der Waals surface area contributed by atoms with Crippen molar-refractivity contribution in [3.63, 3.8) is 0 Å². The van der Waals surface area contributed by atoms with Gasteiger partial charge in [0.1, 0.15) is 0 Å². The number of hydrogen-bond donors (Lipinski definition) is 1. The maximum atomic E-state index is 9.14. The Labute approximate surface area is 76.6 Å². The molecule has 2 heteroatoms. The van der Waals surface area contributed by atoms with Crippen molar-refractivity contribution in [1.29, 1.82) is 0 Å². The Bertz CT molecular complexity index is 100. The molecule has 0 aromatic carbocycles. The average molecular weight is 173 g/mol. The molecule has 0 rings (SSSR count). The van der Waals surface area contributed by atoms with Crippen molar-refractivity contribution in [3.8, 4) is 0 Å². The summed E-state index contributed by atoms with van der Waals surface area (Å²) >= 11 is 0. The number of likely N-dealkylation sites (N-methyl/N-ethyl adjacent to an activating group) is 1. The highest BCUT2D eigenvalue weighted by Crippen LogP contribution is 2.08. The van der Waals surface area contributed by atoms with E-state index >= 15 is 0 Å². The zero-order valence-electron chi connectivity index (χ0n) is 8.88. The lowest BCUT2D eigenvalue weighted by Gasteiger charge is -2.23. The summed E-state index contributed by atoms with van der Waals surface area (Å²) in [6.45, 7) is 8.19. The number of rotatable bonds is 6. The molecule has 0 saturated heterocycles. The molecular formula is C10H23NO. The van der Waals surface area contributed by atoms with E-state index in [9.17, 15) is 0 Å². The number of aliphatic hydroxyl groups excluding tert-OH is 1. The van der Waals surface area contributed by atoms with Crippen LogP contribution in [0.5, 0.6) is 0 Å². The van der Waals surface area contributed by atoms with Crippen LogP contribution >= 0.6 is 0 Å². The molecular weight excluding hydrogens is 150 g/mol. The Balaban J connectivity index is 3.58. The SMILES string of the molecule is CCC(CC)CN(C)CC(C)O. The second kappa shape index (κ2) is 6.44. The van der Waals surface area contributed by atoms with Gasteiger partial charge in [0, 0.05) is 13.1 Å². The quantitative estimate of drug-likeness (QED) is 0.661. The van der Waals surface area contributed by atoms with Crippen LogP contribution in [0.3, 0.4) is 0 Å². The summed E-state index contributed by atoms with van der Waals surface area (Å²) in [6, 6.07) is 0. The molecule has 0 heterocycles. The first-order valence-electron chi connectivity index (χ1n) is 4.96. The average Bonchev–Trinajstić information content (AvgIpc) is 1.98. The van der Waals surface area contributed by atoms with E-state index < -0.39 is 0 Å². The Morgan fingerprint density at radius 1 is 1.17 bits per heavy atom. The Kier molecular flexibility index (Phi) is 6.39. The Morgan fingerprint density at radius 2 is 1.67 bits per heavy atom. The van der Waals surface area contributed by atoms with E-state index in [1.54, 1.807) is 0 Å². The molecule has 0 aromatic heterocycles. The van der Waals surface area contributed by atoms with Gasteiger partial charge < -0.3 is 10.0 Å². The molecule has 1 atom stereocenters. The van der Waals surface area contributed by atoms with Crippen molar-refractivity contribution in [1.82, 2.24) is 4.90 Å². The second-order valence-corrected chi connectivity index (χ2v) is 3.75. The molecule has 0 radical (unpaired) electrons. The lowest BCUT2D eigenvalue weighted by Crippen LogP contribution is -2.31. The molecule has 0 saturated carbocycles. The summed E-state index contributed by atoms with van der Waals surface area (Å²) in [5.74, 6) is 0.786. The molecule has 0 fully saturated rings. The highest BCUT2D eigenvalue weighted by Gasteiger charge is 2.08. The van der Waals surface area contributed by atoms with Crippen molar-refractivity contribution in [2.45, 2.75) is 39.7 Å². The van der Waals surface area contributed by atoms with Crippen LogP contribution < -0.4 is 0 Å². The summed E-state index contributed by atoms with van der Waals surface area (Å²) in [5, 5.41) is 9.14. The fourth-order valence-corrected chi connectivity index (χ4v) is 1.51. The zero-order valence-corrected chi connectivity index (χ0v) is 8.88. The number of nitrogens with zero attached hydrogens (tertiary/aromatic N) is 1. The molecule has 0 aliphatic carbocycles. The molecule has 0 spiro atoms. The summed E-state index contributed by atoms with van der Waals surface area (Å²) < 4.78 is 0. The molecule has 0 bridgehead atoms. The molecule has 1 N–H and O–H groups in total. The lowest BCUT2D eigenvalue weighted by molar-refractivity contribution is 0.130. The first-order chi connectivity index (χ1) is 5.60. The van der Waals surface area contributed by atoms with Crippen LogP contribution in [0.1, 0.15) is 33.6 Å². The van der Waals surface area contributed by atoms with Crippen molar-refractivity contribution in [2.75, 3.05) is 20.1 Å². The minimum Gasteiger partial charge on any atom is -0.392 e. The van der Waals surface area contributed by atoms with E-state index in [4.69, 9.17) is 5.11 Å². The van der Waals surface area contributed by atoms with Crippen LogP contribution in [-0.2, 0) is 0 Å². The van der Waals surface area contributed by atoms with Crippen LogP contribution in [0.2, 0.25) is 0 Å². The maximum Gasteiger partial charge on any atom is 0.0638 e. The lowest BCUT2D eigenvalue weighted by atomic mass is 10.0. The zero-order chi connectivity index (χ0) is 9.56. The number of aliphatic hydroxyl groups is 1. The third kappa shape index (κ3) is 5.56. The van der Waals surface area contributed by atoms with E-state index in [1.807, 2.05) is 6.92 Å². The van der Waals surface area contributed by atoms with Crippen LogP contribution in [0, 0.1) is 5.92 Å². The van der Waals surface area contributed by atoms with Gasteiger partial charge in [-0.15, -0.1) is 0 Å². The van der Waals surface area contributed by atoms with E-state index in [0.717, 1.165) is 19.0 Å². The van der Waals surface area contributed by atoms with E-state index in [2.05, 4.69) is 25.8 Å². The van der Waals surface area contributed by atoms with Crippen molar-refractivity contribution < 1.29 is 5.11 Å². The van der Waals surface area contributed by atoms with Gasteiger partial charge in [-0.25, -0.2) is 0 Å². The van der Waals surface area contributed by atoms with Gasteiger partial charge in [-0.1, -0.05) is 26.7 Å². The maximum absolute atomic E-state index is 9.14. The minimum atomic E-state index is -0.204. The molecule has 0 aliphatic rings. The van der Waals surface area contributed by atoms with E-state index in [1.165, 1.54) is 12.8 Å². The van der Waals surface area contributed by atoms with Crippen molar-refractivity contribution >= 4 is 0 Å². The molecule has 0 amide bonds. The molecule has 12 heavy (non-hydrogen) atoms. The normalized spacial score (nSPS) is 14.2. The summed E-state index contributed by atoms with van der Waals surface area (Å²) in [4.78, 5) is 2.21. The predicted octanol–water partition coefficient (Wildman–Crippen LogP) is 1.74. The fourth-order valence-electron chi connectivity index (χ4n) is 1.51. The fraction of sp³-hybridized carbons (Fsp3) is 1.00. The van der Waals surface area contributed by atoms with Crippen molar-refractivity contribution in [3.05, 3.63) is 0 Å². The van der Waals surface area contributed by atoms with Crippen LogP contribution in [0.4, 0.5) is 0 Å². The van der Waals surface area contributed by atoms with Crippen LogP contribution in [0.25, 0.3) is 0 Å². The summed E-state index contributed by atoms with van der Waals surface area (Å²) in [6.07, 6.45) is 2.27. The van der Waals surface area contributed by atoms with E-state index in [0.29, 0.717) is 0 Å². The van der Waals surface area contributed by atoms with Gasteiger partial charge in [0.25, 0.3) is 0 Å². The molecule has 74 valence electrons. The van der Waals surface area contributed by atoms with Crippen LogP contribution in [0.15, 0.2) is 0 Å². The first-order valence-corrected chi connectivity index (χ1v) is 4.96. The summed E-state index contributed by atoms with van der Waals surface area (Å²) in [5.41, 5.74) is 0. The Morgan fingerprint density at radius 3 is 2.00 bits per heavy atom. The Hall–Kier alpha value is -0.0800. The third-order valence-corrected chi connectivity index (χ3v) is 2.30. The second-order valence-electron chi connectivity index (χ2n) is 3.75. The summed E-state index contributed by atoms with van der Waals surface area (Å²) in [7, 11) is 2.07. The highest BCUT2D eigenvalue weighted by atomic mass is 16.3. The standard InChI is InChI=1S/C10H23NO/c1-5-10(6-2)8-11(4)7-9(3)12/h9-10,12H,5-8H2,1-4H3. The number of hydrogen-bond acceptors (Lipinski definition) is 2. The van der Waals surface area contributed by atoms with Crippen LogP contribution in [-0.4, -0.2) is 36.2 Å². The first kappa shape index (κ1) is 11.9. The van der Waals surface area contributed by atoms with Gasteiger partial charge in [0.05, 0.1) is 6.10 Å². The van der Waals surface area contributed by atoms with Gasteiger partial charge in [-0.3, -0.25) is 0 Å². The largest absolute Gasteiger partial charge is 0.392 e. The van der Waals surface area contributed by atoms with Crippen molar-refractivity contribution in [2.24, 2.45) is 5.92 Å². The smallest absolute Gasteiger partial charge is 0.0638 e. The highest BCUT2D eigenvalue weighted by molar-refractivity contribution is 4.62. The topological polar surface area (TPSA) is 23.5 Å². The third-order valence-electron chi connectivity index (χ3n) is 2.30. The van der Waals surface area contributed by atoms with Gasteiger partial charge in [0.15, 0.2) is 0 Å². The van der Waals surface area contributed by atoms with Gasteiger partial charge in [-0.2, -0.15) is 0 Å². The molecule has 0 aliphatic heterocycles. The minimum absolute atomic E-state index is 0.204. The van der Waals surface area contributed by atoms with Gasteiger partial charge >= 0.3 is 0 Å². The molecule has 0 aromatic rings. The van der Waals surface area contributed by atoms with Gasteiger partial charge in [-0.05, 0) is 19.9 Å². The molecule has 1 unspecified atom stereocenters. The molecule has 2 nitrogen and oxygen atoms in total. The van der Waals surface area contributed by atoms with Gasteiger partial charge in [0.2, 0.25) is 0 Å². The van der Waals surface area contributed by atoms with E-state index in [-0.39, 0.29) is 6.10 Å². The monoisotopic (exact) mass is 173 g/mol. The predicted molar refractivity (Wildman–Crippen MR) is 53.2 cm³/mol.